The molecule has 86 valence electrons. The zero-order valence-corrected chi connectivity index (χ0v) is 10.8. The van der Waals surface area contributed by atoms with Crippen LogP contribution in [0.15, 0.2) is 23.6 Å². The zero-order valence-electron chi connectivity index (χ0n) is 9.19. The van der Waals surface area contributed by atoms with Gasteiger partial charge in [-0.15, -0.1) is 22.7 Å². The Kier molecular flexibility index (Phi) is 3.60. The van der Waals surface area contributed by atoms with Crippen molar-refractivity contribution in [3.63, 3.8) is 0 Å². The van der Waals surface area contributed by atoms with Gasteiger partial charge in [-0.1, -0.05) is 0 Å². The summed E-state index contributed by atoms with van der Waals surface area (Å²) in [4.78, 5) is 3.68. The van der Waals surface area contributed by atoms with Gasteiger partial charge in [-0.25, -0.2) is 5.43 Å². The lowest BCUT2D eigenvalue weighted by molar-refractivity contribution is 0.416. The minimum absolute atomic E-state index is 0.0626. The van der Waals surface area contributed by atoms with Crippen molar-refractivity contribution in [3.05, 3.63) is 38.2 Å². The maximum absolute atomic E-state index is 5.62. The smallest absolute Gasteiger partial charge is 0.129 e. The summed E-state index contributed by atoms with van der Waals surface area (Å²) in [5.41, 5.74) is 2.85. The second-order valence-corrected chi connectivity index (χ2v) is 5.70. The molecule has 0 aliphatic carbocycles. The summed E-state index contributed by atoms with van der Waals surface area (Å²) in [6.45, 7) is 2.09. The Morgan fingerprint density at radius 2 is 2.19 bits per heavy atom. The SMILES string of the molecule is COc1csc(C(NN)c2ccc(C)s2)c1. The van der Waals surface area contributed by atoms with Gasteiger partial charge in [0.05, 0.1) is 13.2 Å². The van der Waals surface area contributed by atoms with E-state index in [1.54, 1.807) is 29.8 Å². The third-order valence-electron chi connectivity index (χ3n) is 2.33. The first-order valence-electron chi connectivity index (χ1n) is 4.89. The molecule has 1 atom stereocenters. The van der Waals surface area contributed by atoms with E-state index in [0.717, 1.165) is 5.75 Å². The first-order valence-corrected chi connectivity index (χ1v) is 6.59. The molecular weight excluding hydrogens is 240 g/mol. The predicted molar refractivity (Wildman–Crippen MR) is 69.1 cm³/mol. The fourth-order valence-corrected chi connectivity index (χ4v) is 3.47. The molecule has 0 spiro atoms. The Balaban J connectivity index is 2.28. The second kappa shape index (κ2) is 4.97. The first kappa shape index (κ1) is 11.6. The summed E-state index contributed by atoms with van der Waals surface area (Å²) >= 11 is 3.41. The highest BCUT2D eigenvalue weighted by Gasteiger charge is 2.16. The average molecular weight is 254 g/mol. The molecule has 0 aromatic carbocycles. The van der Waals surface area contributed by atoms with Crippen molar-refractivity contribution >= 4 is 22.7 Å². The highest BCUT2D eigenvalue weighted by Crippen LogP contribution is 2.33. The monoisotopic (exact) mass is 254 g/mol. The Morgan fingerprint density at radius 3 is 2.69 bits per heavy atom. The molecule has 0 amide bonds. The lowest BCUT2D eigenvalue weighted by Crippen LogP contribution is -2.27. The molecule has 1 unspecified atom stereocenters. The van der Waals surface area contributed by atoms with E-state index in [1.807, 2.05) is 11.4 Å². The van der Waals surface area contributed by atoms with Gasteiger partial charge >= 0.3 is 0 Å². The van der Waals surface area contributed by atoms with E-state index in [2.05, 4.69) is 24.5 Å². The molecule has 0 aliphatic heterocycles. The van der Waals surface area contributed by atoms with Crippen LogP contribution in [0.5, 0.6) is 5.75 Å². The summed E-state index contributed by atoms with van der Waals surface area (Å²) in [7, 11) is 1.67. The lowest BCUT2D eigenvalue weighted by atomic mass is 10.2. The Hall–Kier alpha value is -0.880. The molecule has 2 aromatic heterocycles. The highest BCUT2D eigenvalue weighted by molar-refractivity contribution is 7.13. The van der Waals surface area contributed by atoms with Crippen LogP contribution < -0.4 is 16.0 Å². The number of hydrazine groups is 1. The molecule has 2 rings (SSSR count). The maximum Gasteiger partial charge on any atom is 0.129 e. The number of hydrogen-bond donors (Lipinski definition) is 2. The van der Waals surface area contributed by atoms with Crippen molar-refractivity contribution in [2.45, 2.75) is 13.0 Å². The molecule has 16 heavy (non-hydrogen) atoms. The van der Waals surface area contributed by atoms with Crippen LogP contribution in [0.4, 0.5) is 0 Å². The van der Waals surface area contributed by atoms with Crippen molar-refractivity contribution in [3.8, 4) is 5.75 Å². The van der Waals surface area contributed by atoms with Crippen LogP contribution in [0.3, 0.4) is 0 Å². The molecule has 0 saturated carbocycles. The van der Waals surface area contributed by atoms with E-state index < -0.39 is 0 Å². The molecule has 5 heteroatoms. The molecule has 0 aliphatic rings. The minimum atomic E-state index is 0.0626. The molecule has 0 bridgehead atoms. The maximum atomic E-state index is 5.62. The fraction of sp³-hybridized carbons (Fsp3) is 0.273. The van der Waals surface area contributed by atoms with Crippen LogP contribution >= 0.6 is 22.7 Å². The van der Waals surface area contributed by atoms with E-state index in [0.29, 0.717) is 0 Å². The van der Waals surface area contributed by atoms with Crippen molar-refractivity contribution in [2.75, 3.05) is 7.11 Å². The van der Waals surface area contributed by atoms with Gasteiger partial charge in [0.2, 0.25) is 0 Å². The van der Waals surface area contributed by atoms with E-state index >= 15 is 0 Å². The molecule has 2 heterocycles. The van der Waals surface area contributed by atoms with Gasteiger partial charge in [-0.05, 0) is 25.1 Å². The molecular formula is C11H14N2OS2. The normalized spacial score (nSPS) is 12.7. The van der Waals surface area contributed by atoms with E-state index in [-0.39, 0.29) is 6.04 Å². The van der Waals surface area contributed by atoms with Crippen LogP contribution in [-0.4, -0.2) is 7.11 Å². The second-order valence-electron chi connectivity index (χ2n) is 3.44. The van der Waals surface area contributed by atoms with Crippen LogP contribution in [-0.2, 0) is 0 Å². The average Bonchev–Trinajstić information content (AvgIpc) is 2.89. The van der Waals surface area contributed by atoms with Crippen LogP contribution in [0, 0.1) is 6.92 Å². The van der Waals surface area contributed by atoms with Crippen molar-refractivity contribution in [1.82, 2.24) is 5.43 Å². The lowest BCUT2D eigenvalue weighted by Gasteiger charge is -2.11. The van der Waals surface area contributed by atoms with Crippen molar-refractivity contribution in [1.29, 1.82) is 0 Å². The summed E-state index contributed by atoms with van der Waals surface area (Å²) in [6.07, 6.45) is 0. The van der Waals surface area contributed by atoms with E-state index in [1.165, 1.54) is 14.6 Å². The quantitative estimate of drug-likeness (QED) is 0.651. The third-order valence-corrected chi connectivity index (χ3v) is 4.37. The summed E-state index contributed by atoms with van der Waals surface area (Å²) in [6, 6.07) is 6.29. The number of thiophene rings is 2. The Morgan fingerprint density at radius 1 is 1.38 bits per heavy atom. The zero-order chi connectivity index (χ0) is 11.5. The largest absolute Gasteiger partial charge is 0.496 e. The molecule has 2 aromatic rings. The highest BCUT2D eigenvalue weighted by atomic mass is 32.1. The molecule has 3 N–H and O–H groups in total. The minimum Gasteiger partial charge on any atom is -0.496 e. The van der Waals surface area contributed by atoms with Gasteiger partial charge in [0.15, 0.2) is 0 Å². The number of nitrogens with two attached hydrogens (primary N) is 1. The van der Waals surface area contributed by atoms with Gasteiger partial charge < -0.3 is 4.74 Å². The van der Waals surface area contributed by atoms with Crippen LogP contribution in [0.25, 0.3) is 0 Å². The number of rotatable bonds is 4. The van der Waals surface area contributed by atoms with Gasteiger partial charge in [0.1, 0.15) is 5.75 Å². The van der Waals surface area contributed by atoms with Crippen molar-refractivity contribution < 1.29 is 4.74 Å². The van der Waals surface area contributed by atoms with Gasteiger partial charge in [0, 0.05) is 20.0 Å². The predicted octanol–water partition coefficient (Wildman–Crippen LogP) is 2.68. The third kappa shape index (κ3) is 2.27. The van der Waals surface area contributed by atoms with Crippen LogP contribution in [0.1, 0.15) is 20.7 Å². The van der Waals surface area contributed by atoms with Crippen LogP contribution in [0.2, 0.25) is 0 Å². The summed E-state index contributed by atoms with van der Waals surface area (Å²) in [5, 5.41) is 1.99. The number of methoxy groups -OCH3 is 1. The van der Waals surface area contributed by atoms with E-state index in [4.69, 9.17) is 10.6 Å². The number of hydrogen-bond acceptors (Lipinski definition) is 5. The number of ether oxygens (including phenoxy) is 1. The number of aryl methyl sites for hydroxylation is 1. The molecule has 0 saturated heterocycles. The standard InChI is InChI=1S/C11H14N2OS2/c1-7-3-4-9(16-7)11(13-12)10-5-8(14-2)6-15-10/h3-6,11,13H,12H2,1-2H3. The topological polar surface area (TPSA) is 47.3 Å². The molecule has 0 fully saturated rings. The fourth-order valence-electron chi connectivity index (χ4n) is 1.51. The van der Waals surface area contributed by atoms with Gasteiger partial charge in [-0.2, -0.15) is 0 Å². The van der Waals surface area contributed by atoms with Gasteiger partial charge in [-0.3, -0.25) is 5.84 Å². The Bertz CT molecular complexity index is 464. The number of nitrogens with one attached hydrogen (secondary N) is 1. The molecule has 3 nitrogen and oxygen atoms in total. The van der Waals surface area contributed by atoms with E-state index in [9.17, 15) is 0 Å². The Labute approximate surface area is 103 Å². The van der Waals surface area contributed by atoms with Crippen molar-refractivity contribution in [2.24, 2.45) is 5.84 Å². The summed E-state index contributed by atoms with van der Waals surface area (Å²) < 4.78 is 5.18. The summed E-state index contributed by atoms with van der Waals surface area (Å²) in [5.74, 6) is 6.50. The first-order chi connectivity index (χ1) is 7.74. The van der Waals surface area contributed by atoms with Gasteiger partial charge in [0.25, 0.3) is 0 Å². The molecule has 0 radical (unpaired) electrons.